The summed E-state index contributed by atoms with van der Waals surface area (Å²) in [5.74, 6) is 1.89. The number of alkyl halides is 3. The van der Waals surface area contributed by atoms with Gasteiger partial charge in [-0.3, -0.25) is 0 Å². The van der Waals surface area contributed by atoms with E-state index in [4.69, 9.17) is 9.47 Å². The molecular weight excluding hydrogens is 453 g/mol. The molecule has 34 heavy (non-hydrogen) atoms. The van der Waals surface area contributed by atoms with Crippen molar-refractivity contribution in [1.29, 1.82) is 0 Å². The third kappa shape index (κ3) is 5.39. The Balaban J connectivity index is 1.42. The maximum atomic E-state index is 12.5. The average molecular weight is 483 g/mol. The van der Waals surface area contributed by atoms with Crippen LogP contribution in [0, 0.1) is 0 Å². The van der Waals surface area contributed by atoms with Gasteiger partial charge in [0.25, 0.3) is 0 Å². The van der Waals surface area contributed by atoms with Crippen LogP contribution < -0.4 is 20.1 Å². The Morgan fingerprint density at radius 2 is 1.91 bits per heavy atom. The number of halogens is 3. The molecule has 0 saturated heterocycles. The number of anilines is 2. The SMILES string of the molecule is COc1cc(Nc2cc(OC3CCC(NCC(O)C(F)(F)F)CC3)cc3c2ncn3C)nn1C. The van der Waals surface area contributed by atoms with Crippen LogP contribution in [0.3, 0.4) is 0 Å². The summed E-state index contributed by atoms with van der Waals surface area (Å²) in [5, 5.41) is 19.7. The second-order valence-electron chi connectivity index (χ2n) is 8.57. The second-order valence-corrected chi connectivity index (χ2v) is 8.57. The van der Waals surface area contributed by atoms with Gasteiger partial charge in [0.1, 0.15) is 11.3 Å². The number of nitrogens with zero attached hydrogens (tertiary/aromatic N) is 4. The van der Waals surface area contributed by atoms with E-state index < -0.39 is 18.8 Å². The van der Waals surface area contributed by atoms with Gasteiger partial charge >= 0.3 is 6.18 Å². The van der Waals surface area contributed by atoms with E-state index in [9.17, 15) is 18.3 Å². The molecule has 0 aliphatic heterocycles. The van der Waals surface area contributed by atoms with Crippen molar-refractivity contribution in [2.45, 2.75) is 50.1 Å². The minimum Gasteiger partial charge on any atom is -0.490 e. The fourth-order valence-electron chi connectivity index (χ4n) is 4.18. The predicted octanol–water partition coefficient (Wildman–Crippen LogP) is 3.26. The molecule has 0 spiro atoms. The van der Waals surface area contributed by atoms with E-state index in [2.05, 4.69) is 20.7 Å². The molecule has 9 nitrogen and oxygen atoms in total. The van der Waals surface area contributed by atoms with Gasteiger partial charge in [-0.2, -0.15) is 18.3 Å². The number of fused-ring (bicyclic) bond motifs is 1. The Labute approximate surface area is 194 Å². The number of methoxy groups -OCH3 is 1. The molecule has 0 amide bonds. The van der Waals surface area contributed by atoms with Crippen LogP contribution in [0.25, 0.3) is 11.0 Å². The lowest BCUT2D eigenvalue weighted by Crippen LogP contribution is -2.44. The summed E-state index contributed by atoms with van der Waals surface area (Å²) in [6, 6.07) is 5.51. The van der Waals surface area contributed by atoms with Crippen molar-refractivity contribution in [2.24, 2.45) is 14.1 Å². The highest BCUT2D eigenvalue weighted by atomic mass is 19.4. The van der Waals surface area contributed by atoms with Crippen LogP contribution in [-0.4, -0.2) is 62.5 Å². The fraction of sp³-hybridized carbons (Fsp3) is 0.545. The number of nitrogens with one attached hydrogen (secondary N) is 2. The normalized spacial score (nSPS) is 19.9. The zero-order valence-electron chi connectivity index (χ0n) is 19.3. The molecule has 12 heteroatoms. The van der Waals surface area contributed by atoms with Crippen LogP contribution in [0.15, 0.2) is 24.5 Å². The number of hydrogen-bond donors (Lipinski definition) is 3. The van der Waals surface area contributed by atoms with Crippen LogP contribution in [0.5, 0.6) is 11.6 Å². The van der Waals surface area contributed by atoms with Crippen molar-refractivity contribution in [3.8, 4) is 11.6 Å². The molecule has 4 rings (SSSR count). The maximum absolute atomic E-state index is 12.5. The summed E-state index contributed by atoms with van der Waals surface area (Å²) in [5.41, 5.74) is 2.40. The van der Waals surface area contributed by atoms with E-state index in [0.717, 1.165) is 16.7 Å². The molecule has 1 aromatic carbocycles. The predicted molar refractivity (Wildman–Crippen MR) is 120 cm³/mol. The molecule has 1 saturated carbocycles. The van der Waals surface area contributed by atoms with E-state index in [0.29, 0.717) is 43.1 Å². The third-order valence-corrected chi connectivity index (χ3v) is 6.07. The first-order valence-corrected chi connectivity index (χ1v) is 11.1. The molecule has 1 aliphatic carbocycles. The van der Waals surface area contributed by atoms with Crippen LogP contribution in [-0.2, 0) is 14.1 Å². The summed E-state index contributed by atoms with van der Waals surface area (Å²) < 4.78 is 52.6. The Morgan fingerprint density at radius 3 is 2.56 bits per heavy atom. The van der Waals surface area contributed by atoms with Crippen molar-refractivity contribution in [3.63, 3.8) is 0 Å². The zero-order valence-corrected chi connectivity index (χ0v) is 19.3. The molecule has 2 heterocycles. The standard InChI is InChI=1S/C22H29F3N6O3/c1-30-12-27-21-16(28-19-10-20(33-3)31(2)29-19)8-15(9-17(21)30)34-14-6-4-13(5-7-14)26-11-18(32)22(23,24)25/h8-10,12-14,18,26,32H,4-7,11H2,1-3H3,(H,28,29). The van der Waals surface area contributed by atoms with E-state index >= 15 is 0 Å². The Morgan fingerprint density at radius 1 is 1.18 bits per heavy atom. The highest BCUT2D eigenvalue weighted by Crippen LogP contribution is 2.33. The summed E-state index contributed by atoms with van der Waals surface area (Å²) in [6.45, 7) is -0.496. The van der Waals surface area contributed by atoms with Crippen LogP contribution in [0.4, 0.5) is 24.7 Å². The molecule has 3 aromatic rings. The van der Waals surface area contributed by atoms with Crippen molar-refractivity contribution in [2.75, 3.05) is 19.0 Å². The molecule has 1 aliphatic rings. The number of ether oxygens (including phenoxy) is 2. The number of hydrogen-bond acceptors (Lipinski definition) is 7. The topological polar surface area (TPSA) is 98.4 Å². The van der Waals surface area contributed by atoms with Crippen molar-refractivity contribution >= 4 is 22.5 Å². The number of aryl methyl sites for hydroxylation is 2. The van der Waals surface area contributed by atoms with Gasteiger partial charge in [-0.25, -0.2) is 9.67 Å². The van der Waals surface area contributed by atoms with Gasteiger partial charge in [0.2, 0.25) is 5.88 Å². The second kappa shape index (κ2) is 9.71. The molecule has 0 radical (unpaired) electrons. The van der Waals surface area contributed by atoms with Gasteiger partial charge in [0, 0.05) is 44.9 Å². The quantitative estimate of drug-likeness (QED) is 0.453. The van der Waals surface area contributed by atoms with Crippen molar-refractivity contribution < 1.29 is 27.8 Å². The first kappa shape index (κ1) is 24.1. The Kier molecular flexibility index (Phi) is 6.89. The summed E-state index contributed by atoms with van der Waals surface area (Å²) in [6.07, 6.45) is -2.55. The molecule has 2 aromatic heterocycles. The number of aromatic nitrogens is 4. The number of imidazole rings is 1. The lowest BCUT2D eigenvalue weighted by molar-refractivity contribution is -0.202. The smallest absolute Gasteiger partial charge is 0.415 e. The molecular formula is C22H29F3N6O3. The molecule has 1 atom stereocenters. The van der Waals surface area contributed by atoms with Gasteiger partial charge in [0.15, 0.2) is 11.9 Å². The van der Waals surface area contributed by atoms with Crippen LogP contribution in [0.1, 0.15) is 25.7 Å². The highest BCUT2D eigenvalue weighted by molar-refractivity contribution is 5.91. The van der Waals surface area contributed by atoms with Gasteiger partial charge in [-0.1, -0.05) is 0 Å². The highest BCUT2D eigenvalue weighted by Gasteiger charge is 2.38. The van der Waals surface area contributed by atoms with Gasteiger partial charge in [0.05, 0.1) is 30.7 Å². The summed E-state index contributed by atoms with van der Waals surface area (Å²) in [4.78, 5) is 4.48. The van der Waals surface area contributed by atoms with Gasteiger partial charge < -0.3 is 29.8 Å². The van der Waals surface area contributed by atoms with E-state index in [1.807, 2.05) is 23.7 Å². The monoisotopic (exact) mass is 482 g/mol. The average Bonchev–Trinajstić information content (AvgIpc) is 3.34. The fourth-order valence-corrected chi connectivity index (χ4v) is 4.18. The van der Waals surface area contributed by atoms with Gasteiger partial charge in [-0.15, -0.1) is 0 Å². The largest absolute Gasteiger partial charge is 0.490 e. The maximum Gasteiger partial charge on any atom is 0.415 e. The third-order valence-electron chi connectivity index (χ3n) is 6.07. The minimum absolute atomic E-state index is 0.0564. The number of aliphatic hydroxyl groups excluding tert-OH is 1. The molecule has 186 valence electrons. The van der Waals surface area contributed by atoms with E-state index in [1.54, 1.807) is 31.2 Å². The first-order chi connectivity index (χ1) is 16.1. The lowest BCUT2D eigenvalue weighted by Gasteiger charge is -2.30. The molecule has 1 fully saturated rings. The Hall–Kier alpha value is -2.99. The van der Waals surface area contributed by atoms with Gasteiger partial charge in [-0.05, 0) is 25.7 Å². The van der Waals surface area contributed by atoms with Crippen LogP contribution in [0.2, 0.25) is 0 Å². The molecule has 3 N–H and O–H groups in total. The first-order valence-electron chi connectivity index (χ1n) is 11.1. The van der Waals surface area contributed by atoms with Crippen molar-refractivity contribution in [1.82, 2.24) is 24.6 Å². The molecule has 1 unspecified atom stereocenters. The minimum atomic E-state index is -4.61. The number of benzene rings is 1. The number of rotatable bonds is 8. The lowest BCUT2D eigenvalue weighted by atomic mass is 9.93. The van der Waals surface area contributed by atoms with Crippen LogP contribution >= 0.6 is 0 Å². The van der Waals surface area contributed by atoms with Crippen molar-refractivity contribution in [3.05, 3.63) is 24.5 Å². The summed E-state index contributed by atoms with van der Waals surface area (Å²) >= 11 is 0. The number of aliphatic hydroxyl groups is 1. The van der Waals surface area contributed by atoms with E-state index in [-0.39, 0.29) is 12.1 Å². The van der Waals surface area contributed by atoms with E-state index in [1.165, 1.54) is 0 Å². The molecule has 0 bridgehead atoms. The summed E-state index contributed by atoms with van der Waals surface area (Å²) in [7, 11) is 5.27. The zero-order chi connectivity index (χ0) is 24.5. The Bertz CT molecular complexity index is 1120.